The summed E-state index contributed by atoms with van der Waals surface area (Å²) in [6.45, 7) is 4.64. The second kappa shape index (κ2) is 10.5. The van der Waals surface area contributed by atoms with Crippen molar-refractivity contribution in [2.75, 3.05) is 26.4 Å². The van der Waals surface area contributed by atoms with E-state index < -0.39 is 17.6 Å². The van der Waals surface area contributed by atoms with Gasteiger partial charge in [-0.1, -0.05) is 62.4 Å². The Bertz CT molecular complexity index is 1050. The minimum absolute atomic E-state index is 0.0272. The van der Waals surface area contributed by atoms with Crippen LogP contribution in [0, 0.1) is 11.8 Å². The minimum Gasteiger partial charge on any atom is -0.479 e. The Balaban J connectivity index is 1.31. The molecule has 2 aliphatic rings. The first-order valence-electron chi connectivity index (χ1n) is 12.0. The Hall–Kier alpha value is -3.39. The largest absolute Gasteiger partial charge is 0.479 e. The molecule has 0 radical (unpaired) electrons. The Kier molecular flexibility index (Phi) is 7.40. The maximum absolute atomic E-state index is 12.6. The van der Waals surface area contributed by atoms with Crippen LogP contribution >= 0.6 is 0 Å². The van der Waals surface area contributed by atoms with Crippen LogP contribution in [0.4, 0.5) is 4.79 Å². The molecule has 3 N–H and O–H groups in total. The molecular weight excluding hydrogens is 448 g/mol. The predicted molar refractivity (Wildman–Crippen MR) is 130 cm³/mol. The molecule has 0 spiro atoms. The van der Waals surface area contributed by atoms with Gasteiger partial charge >= 0.3 is 12.1 Å². The number of rotatable bonds is 9. The minimum atomic E-state index is -1.38. The molecule has 2 unspecified atom stereocenters. The van der Waals surface area contributed by atoms with Crippen LogP contribution in [0.3, 0.4) is 0 Å². The van der Waals surface area contributed by atoms with E-state index in [1.165, 1.54) is 0 Å². The number of nitrogens with one attached hydrogen (secondary N) is 2. The lowest BCUT2D eigenvalue weighted by Gasteiger charge is -2.26. The molecule has 2 atom stereocenters. The third-order valence-corrected chi connectivity index (χ3v) is 7.05. The summed E-state index contributed by atoms with van der Waals surface area (Å²) in [7, 11) is 0. The highest BCUT2D eigenvalue weighted by Gasteiger charge is 2.44. The quantitative estimate of drug-likeness (QED) is 0.506. The topological polar surface area (TPSA) is 114 Å². The number of alkyl carbamates (subject to hydrolysis) is 1. The fourth-order valence-corrected chi connectivity index (χ4v) is 4.85. The smallest absolute Gasteiger partial charge is 0.407 e. The van der Waals surface area contributed by atoms with E-state index in [2.05, 4.69) is 34.9 Å². The van der Waals surface area contributed by atoms with E-state index in [9.17, 15) is 19.5 Å². The normalized spacial score (nSPS) is 19.6. The van der Waals surface area contributed by atoms with Crippen molar-refractivity contribution in [2.45, 2.75) is 38.1 Å². The lowest BCUT2D eigenvalue weighted by atomic mass is 9.91. The maximum atomic E-state index is 12.6. The van der Waals surface area contributed by atoms with E-state index in [4.69, 9.17) is 9.47 Å². The van der Waals surface area contributed by atoms with Gasteiger partial charge in [0, 0.05) is 31.9 Å². The Morgan fingerprint density at radius 1 is 1.09 bits per heavy atom. The van der Waals surface area contributed by atoms with Gasteiger partial charge in [0.2, 0.25) is 5.91 Å². The van der Waals surface area contributed by atoms with Crippen LogP contribution in [0.1, 0.15) is 43.7 Å². The number of ether oxygens (including phenoxy) is 2. The summed E-state index contributed by atoms with van der Waals surface area (Å²) < 4.78 is 10.8. The van der Waals surface area contributed by atoms with Crippen molar-refractivity contribution in [1.82, 2.24) is 10.6 Å². The van der Waals surface area contributed by atoms with E-state index in [1.54, 1.807) is 0 Å². The van der Waals surface area contributed by atoms with Gasteiger partial charge < -0.3 is 25.2 Å². The summed E-state index contributed by atoms with van der Waals surface area (Å²) >= 11 is 0. The lowest BCUT2D eigenvalue weighted by Crippen LogP contribution is -2.55. The first kappa shape index (κ1) is 24.7. The van der Waals surface area contributed by atoms with Crippen LogP contribution in [0.2, 0.25) is 0 Å². The number of carboxylic acids is 1. The number of hydrogen-bond acceptors (Lipinski definition) is 5. The van der Waals surface area contributed by atoms with E-state index in [0.29, 0.717) is 6.61 Å². The molecule has 1 heterocycles. The Morgan fingerprint density at radius 2 is 1.71 bits per heavy atom. The fourth-order valence-electron chi connectivity index (χ4n) is 4.85. The van der Waals surface area contributed by atoms with Gasteiger partial charge in [0.1, 0.15) is 6.61 Å². The van der Waals surface area contributed by atoms with Crippen molar-refractivity contribution in [3.05, 3.63) is 59.7 Å². The van der Waals surface area contributed by atoms with Crippen LogP contribution < -0.4 is 10.6 Å². The fraction of sp³-hybridized carbons (Fsp3) is 0.444. The first-order chi connectivity index (χ1) is 16.8. The molecule has 4 rings (SSSR count). The van der Waals surface area contributed by atoms with Crippen LogP contribution in [-0.4, -0.2) is 55.0 Å². The molecule has 2 aromatic rings. The van der Waals surface area contributed by atoms with Crippen molar-refractivity contribution < 1.29 is 29.0 Å². The van der Waals surface area contributed by atoms with Crippen molar-refractivity contribution in [2.24, 2.45) is 11.8 Å². The van der Waals surface area contributed by atoms with Crippen LogP contribution in [0.5, 0.6) is 0 Å². The highest BCUT2D eigenvalue weighted by atomic mass is 16.5. The average molecular weight is 481 g/mol. The van der Waals surface area contributed by atoms with E-state index in [0.717, 1.165) is 22.3 Å². The van der Waals surface area contributed by atoms with Crippen LogP contribution in [-0.2, 0) is 19.1 Å². The van der Waals surface area contributed by atoms with Gasteiger partial charge in [-0.15, -0.1) is 0 Å². The summed E-state index contributed by atoms with van der Waals surface area (Å²) in [6.07, 6.45) is -0.210. The molecule has 1 aliphatic heterocycles. The summed E-state index contributed by atoms with van der Waals surface area (Å²) in [5.74, 6) is -1.58. The number of carboxylic acid groups (broad SMARTS) is 1. The van der Waals surface area contributed by atoms with Gasteiger partial charge in [-0.3, -0.25) is 4.79 Å². The zero-order valence-electron chi connectivity index (χ0n) is 20.1. The van der Waals surface area contributed by atoms with E-state index >= 15 is 0 Å². The predicted octanol–water partition coefficient (Wildman–Crippen LogP) is 3.55. The number of benzene rings is 2. The number of carbonyl (C=O) groups is 3. The number of carbonyl (C=O) groups excluding carboxylic acids is 2. The Labute approximate surface area is 205 Å². The first-order valence-corrected chi connectivity index (χ1v) is 12.0. The number of aliphatic carboxylic acids is 1. The molecule has 2 amide bonds. The van der Waals surface area contributed by atoms with Gasteiger partial charge in [-0.05, 0) is 34.1 Å². The second-order valence-corrected chi connectivity index (χ2v) is 9.65. The molecule has 0 saturated carbocycles. The molecule has 186 valence electrons. The van der Waals surface area contributed by atoms with Gasteiger partial charge in [0.25, 0.3) is 0 Å². The molecule has 8 nitrogen and oxygen atoms in total. The number of amides is 2. The third kappa shape index (κ3) is 5.32. The molecule has 2 aromatic carbocycles. The molecule has 8 heteroatoms. The van der Waals surface area contributed by atoms with Crippen LogP contribution in [0.25, 0.3) is 11.1 Å². The average Bonchev–Trinajstić information content (AvgIpc) is 3.44. The van der Waals surface area contributed by atoms with Gasteiger partial charge in [0.15, 0.2) is 5.54 Å². The maximum Gasteiger partial charge on any atom is 0.407 e. The van der Waals surface area contributed by atoms with Gasteiger partial charge in [0.05, 0.1) is 6.61 Å². The molecular formula is C27H32N2O6. The molecule has 0 bridgehead atoms. The van der Waals surface area contributed by atoms with Crippen molar-refractivity contribution in [1.29, 1.82) is 0 Å². The van der Waals surface area contributed by atoms with Crippen LogP contribution in [0.15, 0.2) is 48.5 Å². The Morgan fingerprint density at radius 3 is 2.26 bits per heavy atom. The zero-order valence-corrected chi connectivity index (χ0v) is 20.1. The molecule has 1 saturated heterocycles. The zero-order chi connectivity index (χ0) is 25.0. The highest BCUT2D eigenvalue weighted by molar-refractivity contribution is 5.87. The lowest BCUT2D eigenvalue weighted by molar-refractivity contribution is -0.147. The summed E-state index contributed by atoms with van der Waals surface area (Å²) in [5, 5.41) is 15.0. The number of hydrogen-bond donors (Lipinski definition) is 3. The third-order valence-electron chi connectivity index (χ3n) is 7.05. The monoisotopic (exact) mass is 480 g/mol. The SMILES string of the molecule is CC(C)C(CNC(=O)OCC1c2ccccc2-c2ccccc21)CC(=O)NC1(C(=O)O)CCOC1. The number of fused-ring (bicyclic) bond motifs is 3. The van der Waals surface area contributed by atoms with Gasteiger partial charge in [-0.2, -0.15) is 0 Å². The molecule has 1 aliphatic carbocycles. The van der Waals surface area contributed by atoms with Gasteiger partial charge in [-0.25, -0.2) is 9.59 Å². The second-order valence-electron chi connectivity index (χ2n) is 9.65. The summed E-state index contributed by atoms with van der Waals surface area (Å²) in [5.41, 5.74) is 3.23. The van der Waals surface area contributed by atoms with Crippen molar-refractivity contribution in [3.8, 4) is 11.1 Å². The van der Waals surface area contributed by atoms with Crippen molar-refractivity contribution in [3.63, 3.8) is 0 Å². The molecule has 35 heavy (non-hydrogen) atoms. The molecule has 1 fully saturated rings. The summed E-state index contributed by atoms with van der Waals surface area (Å²) in [4.78, 5) is 36.8. The standard InChI is InChI=1S/C27H32N2O6/c1-17(2)18(13-24(30)29-27(25(31)32)11-12-34-16-27)14-28-26(33)35-15-23-21-9-5-3-7-19(21)20-8-4-6-10-22(20)23/h3-10,17-18,23H,11-16H2,1-2H3,(H,28,33)(H,29,30)(H,31,32). The van der Waals surface area contributed by atoms with Crippen molar-refractivity contribution >= 4 is 18.0 Å². The summed E-state index contributed by atoms with van der Waals surface area (Å²) in [6, 6.07) is 16.3. The van der Waals surface area contributed by atoms with E-state index in [-0.39, 0.29) is 56.3 Å². The van der Waals surface area contributed by atoms with E-state index in [1.807, 2.05) is 38.1 Å². The highest BCUT2D eigenvalue weighted by Crippen LogP contribution is 2.44. The molecule has 0 aromatic heterocycles.